The molecule has 14 N–H and O–H groups in total. The van der Waals surface area contributed by atoms with Crippen LogP contribution < -0.4 is 16.4 Å². The van der Waals surface area contributed by atoms with Gasteiger partial charge in [-0.3, -0.25) is 4.79 Å². The second-order valence-corrected chi connectivity index (χ2v) is 18.6. The molecule has 3 aliphatic rings. The average molecular weight is 980 g/mol. The lowest BCUT2D eigenvalue weighted by Gasteiger charge is -2.46. The van der Waals surface area contributed by atoms with Crippen molar-refractivity contribution >= 4 is 12.0 Å². The second kappa shape index (κ2) is 30.3. The van der Waals surface area contributed by atoms with Gasteiger partial charge in [0.1, 0.15) is 12.2 Å². The summed E-state index contributed by atoms with van der Waals surface area (Å²) in [5.41, 5.74) is 6.10. The van der Waals surface area contributed by atoms with Gasteiger partial charge in [0, 0.05) is 44.1 Å². The van der Waals surface area contributed by atoms with E-state index in [9.17, 15) is 60.7 Å². The van der Waals surface area contributed by atoms with Crippen LogP contribution >= 0.6 is 0 Å². The zero-order chi connectivity index (χ0) is 51.3. The van der Waals surface area contributed by atoms with Crippen LogP contribution in [0, 0.1) is 11.8 Å². The fourth-order valence-electron chi connectivity index (χ4n) is 8.28. The highest BCUT2D eigenvalue weighted by Gasteiger charge is 2.49. The van der Waals surface area contributed by atoms with Crippen LogP contribution in [0.1, 0.15) is 92.4 Å². The van der Waals surface area contributed by atoms with Crippen LogP contribution in [0.5, 0.6) is 0 Å². The number of rotatable bonds is 5. The Bertz CT molecular complexity index is 1740. The first-order valence-electron chi connectivity index (χ1n) is 24.2. The number of amides is 2. The number of carbonyl (C=O) groups is 2. The summed E-state index contributed by atoms with van der Waals surface area (Å²) < 4.78 is 23.7. The lowest BCUT2D eigenvalue weighted by molar-refractivity contribution is -0.303. The molecule has 0 aromatic carbocycles. The van der Waals surface area contributed by atoms with Crippen molar-refractivity contribution in [3.05, 3.63) is 85.1 Å². The van der Waals surface area contributed by atoms with E-state index in [2.05, 4.69) is 10.6 Å². The van der Waals surface area contributed by atoms with Crippen LogP contribution in [0.15, 0.2) is 85.1 Å². The zero-order valence-corrected chi connectivity index (χ0v) is 40.5. The number of nitrogens with one attached hydrogen (secondary N) is 2. The van der Waals surface area contributed by atoms with E-state index in [0.29, 0.717) is 13.0 Å². The minimum absolute atomic E-state index is 0.0896. The summed E-state index contributed by atoms with van der Waals surface area (Å²) in [5, 5.41) is 115. The third kappa shape index (κ3) is 20.9. The third-order valence-electron chi connectivity index (χ3n) is 12.6. The molecule has 0 aromatic heterocycles. The third-order valence-corrected chi connectivity index (χ3v) is 12.6. The molecule has 392 valence electrons. The van der Waals surface area contributed by atoms with E-state index in [-0.39, 0.29) is 31.6 Å². The Morgan fingerprint density at radius 2 is 1.30 bits per heavy atom. The predicted octanol–water partition coefficient (Wildman–Crippen LogP) is 1.09. The van der Waals surface area contributed by atoms with Crippen LogP contribution in [0.25, 0.3) is 0 Å². The van der Waals surface area contributed by atoms with Gasteiger partial charge in [0.15, 0.2) is 12.1 Å². The summed E-state index contributed by atoms with van der Waals surface area (Å²) in [6.07, 6.45) is 5.86. The molecule has 0 aliphatic carbocycles. The van der Waals surface area contributed by atoms with Crippen molar-refractivity contribution in [1.29, 1.82) is 0 Å². The number of aliphatic hydroxyl groups is 10. The van der Waals surface area contributed by atoms with Gasteiger partial charge in [-0.1, -0.05) is 106 Å². The summed E-state index contributed by atoms with van der Waals surface area (Å²) in [4.78, 5) is 25.6. The Kier molecular flexibility index (Phi) is 26.2. The number of allylic oxidation sites excluding steroid dienone is 12. The molecule has 0 radical (unpaired) electrons. The molecule has 3 rings (SSSR count). The Balaban J connectivity index is 1.91. The van der Waals surface area contributed by atoms with E-state index >= 15 is 0 Å². The molecule has 19 heteroatoms. The second-order valence-electron chi connectivity index (χ2n) is 18.6. The van der Waals surface area contributed by atoms with Gasteiger partial charge < -0.3 is 86.4 Å². The summed E-state index contributed by atoms with van der Waals surface area (Å²) in [6.45, 7) is 8.99. The van der Waals surface area contributed by atoms with E-state index in [0.717, 1.165) is 0 Å². The van der Waals surface area contributed by atoms with Crippen LogP contribution in [0.2, 0.25) is 0 Å². The molecule has 2 fully saturated rings. The number of urea groups is 1. The zero-order valence-electron chi connectivity index (χ0n) is 40.5. The van der Waals surface area contributed by atoms with Gasteiger partial charge in [-0.05, 0) is 39.5 Å². The maximum Gasteiger partial charge on any atom is 0.315 e. The van der Waals surface area contributed by atoms with Gasteiger partial charge in [-0.25, -0.2) is 4.79 Å². The van der Waals surface area contributed by atoms with Crippen LogP contribution in [-0.2, 0) is 23.7 Å². The molecule has 3 heterocycles. The summed E-state index contributed by atoms with van der Waals surface area (Å²) in [5.74, 6) is -3.68. The Hall–Kier alpha value is -3.64. The number of cyclic esters (lactones) is 1. The number of nitrogens with two attached hydrogens (primary N) is 1. The molecule has 2 saturated heterocycles. The fourth-order valence-corrected chi connectivity index (χ4v) is 8.28. The minimum Gasteiger partial charge on any atom is -0.462 e. The number of esters is 1. The summed E-state index contributed by atoms with van der Waals surface area (Å²) >= 11 is 0. The maximum absolute atomic E-state index is 12.9. The van der Waals surface area contributed by atoms with Crippen molar-refractivity contribution < 1.29 is 79.6 Å². The Morgan fingerprint density at radius 1 is 0.710 bits per heavy atom. The van der Waals surface area contributed by atoms with Crippen LogP contribution in [0.4, 0.5) is 4.79 Å². The fraction of sp³-hybridized carbons (Fsp3) is 0.680. The van der Waals surface area contributed by atoms with Crippen molar-refractivity contribution in [3.63, 3.8) is 0 Å². The number of ether oxygens (including phenoxy) is 4. The van der Waals surface area contributed by atoms with Crippen molar-refractivity contribution in [2.24, 2.45) is 17.6 Å². The highest BCUT2D eigenvalue weighted by Crippen LogP contribution is 2.35. The van der Waals surface area contributed by atoms with E-state index in [4.69, 9.17) is 24.7 Å². The van der Waals surface area contributed by atoms with Gasteiger partial charge in [0.05, 0.1) is 85.6 Å². The van der Waals surface area contributed by atoms with Gasteiger partial charge in [-0.15, -0.1) is 0 Å². The summed E-state index contributed by atoms with van der Waals surface area (Å²) in [6, 6.07) is -2.87. The number of hydrogen-bond acceptors (Lipinski definition) is 17. The van der Waals surface area contributed by atoms with Crippen LogP contribution in [-0.4, -0.2) is 173 Å². The minimum atomic E-state index is -2.24. The number of fused-ring (bicyclic) bond motifs is 2. The Labute approximate surface area is 406 Å². The number of hydrogen-bond donors (Lipinski definition) is 13. The molecule has 0 aromatic rings. The first-order valence-corrected chi connectivity index (χ1v) is 24.2. The molecule has 0 saturated carbocycles. The van der Waals surface area contributed by atoms with Gasteiger partial charge >= 0.3 is 12.0 Å². The molecular weight excluding hydrogens is 899 g/mol. The van der Waals surface area contributed by atoms with Gasteiger partial charge in [-0.2, -0.15) is 0 Å². The SMILES string of the molecule is CCCNC(=O)N[C@H]1[C@@H]2CC(OC3O[C@H](C)[C@@H](O)[C@H](N)[C@@H]3O)/C=C/C=C/C=C/C=C/C=C/C=C/C=C/[C@H](C)[C@@H](O)[C@@H](C)[C@H](C)OC(=O)C[C@H](O)C[C@H](O)CC[C@@H](O)[C@H](O)C[C@H](O)C[C@](O)(C[C@@H]1O)O2. The first kappa shape index (κ1) is 59.7. The van der Waals surface area contributed by atoms with Crippen molar-refractivity contribution in [2.75, 3.05) is 6.54 Å². The molecule has 2 unspecified atom stereocenters. The molecule has 19 nitrogen and oxygen atoms in total. The number of carbonyl (C=O) groups excluding carboxylic acids is 2. The lowest BCUT2D eigenvalue weighted by Crippen LogP contribution is -2.64. The lowest BCUT2D eigenvalue weighted by atomic mass is 9.87. The predicted molar refractivity (Wildman–Crippen MR) is 256 cm³/mol. The highest BCUT2D eigenvalue weighted by molar-refractivity contribution is 5.74. The van der Waals surface area contributed by atoms with Crippen LogP contribution in [0.3, 0.4) is 0 Å². The topological polar surface area (TPSA) is 323 Å². The smallest absolute Gasteiger partial charge is 0.315 e. The molecule has 69 heavy (non-hydrogen) atoms. The molecule has 0 spiro atoms. The van der Waals surface area contributed by atoms with E-state index in [1.165, 1.54) is 0 Å². The van der Waals surface area contributed by atoms with E-state index in [1.807, 2.05) is 56.4 Å². The molecule has 2 bridgehead atoms. The molecule has 3 aliphatic heterocycles. The first-order chi connectivity index (χ1) is 32.6. The molecule has 2 amide bonds. The van der Waals surface area contributed by atoms with Crippen molar-refractivity contribution in [3.8, 4) is 0 Å². The highest BCUT2D eigenvalue weighted by atomic mass is 16.7. The van der Waals surface area contributed by atoms with Gasteiger partial charge in [0.2, 0.25) is 0 Å². The van der Waals surface area contributed by atoms with Crippen molar-refractivity contribution in [1.82, 2.24) is 10.6 Å². The normalized spacial score (nSPS) is 43.4. The Morgan fingerprint density at radius 3 is 1.91 bits per heavy atom. The maximum atomic E-state index is 12.9. The molecule has 19 atom stereocenters. The van der Waals surface area contributed by atoms with Crippen molar-refractivity contribution in [2.45, 2.75) is 196 Å². The van der Waals surface area contributed by atoms with E-state index < -0.39 is 147 Å². The monoisotopic (exact) mass is 980 g/mol. The summed E-state index contributed by atoms with van der Waals surface area (Å²) in [7, 11) is 0. The van der Waals surface area contributed by atoms with E-state index in [1.54, 1.807) is 63.3 Å². The standard InChI is InChI=1S/C50H81N3O16/c1-6-23-52-49(64)53-44-40(59)29-50(65)28-36(56)25-39(58)38(57)22-21-34(54)24-35(55)26-42(60)66-32(4)31(3)45(61)30(2)19-17-15-13-11-9-7-8-10-12-14-16-18-20-37(27-41(44)69-50)68-48-47(63)43(51)46(62)33(5)67-48/h7-20,30-41,43-48,54-59,61-63,65H,6,21-29,51H2,1-5H3,(H2,52,53,64)/b8-7+,11-9+,12-10+,15-13+,16-14+,19-17+,20-18+/t30-,31-,32-,33+,34+,35+,36-,37?,38+,39+,40-,41-,43-,44+,45+,46+,47-,48?,50+/m0/s1. The largest absolute Gasteiger partial charge is 0.462 e. The van der Waals surface area contributed by atoms with Gasteiger partial charge in [0.25, 0.3) is 0 Å². The average Bonchev–Trinajstić information content (AvgIpc) is 3.28. The number of aliphatic hydroxyl groups excluding tert-OH is 9. The quantitative estimate of drug-likeness (QED) is 0.172. The molecular formula is C50H81N3O16.